The highest BCUT2D eigenvalue weighted by molar-refractivity contribution is 6.35. The van der Waals surface area contributed by atoms with Gasteiger partial charge in [0, 0.05) is 21.7 Å². The molecule has 3 aromatic carbocycles. The van der Waals surface area contributed by atoms with Gasteiger partial charge in [-0.2, -0.15) is 13.2 Å². The topological polar surface area (TPSA) is 65.7 Å². The van der Waals surface area contributed by atoms with Crippen LogP contribution in [-0.4, -0.2) is 12.6 Å². The molecule has 5 nitrogen and oxygen atoms in total. The van der Waals surface area contributed by atoms with Crippen LogP contribution in [0, 0.1) is 0 Å². The van der Waals surface area contributed by atoms with Gasteiger partial charge in [0.2, 0.25) is 11.2 Å². The number of ether oxygens (including phenoxy) is 2. The van der Waals surface area contributed by atoms with Gasteiger partial charge in [0.1, 0.15) is 17.1 Å². The summed E-state index contributed by atoms with van der Waals surface area (Å²) in [4.78, 5) is 25.2. The number of benzene rings is 3. The molecule has 0 saturated carbocycles. The van der Waals surface area contributed by atoms with Gasteiger partial charge in [-0.15, -0.1) is 0 Å². The maximum atomic E-state index is 13.8. The molecule has 0 radical (unpaired) electrons. The Labute approximate surface area is 210 Å². The summed E-state index contributed by atoms with van der Waals surface area (Å²) in [6.45, 7) is -0.553. The molecule has 0 bridgehead atoms. The fourth-order valence-corrected chi connectivity index (χ4v) is 3.93. The van der Waals surface area contributed by atoms with Crippen molar-refractivity contribution in [3.05, 3.63) is 91.7 Å². The van der Waals surface area contributed by atoms with Gasteiger partial charge in [-0.25, -0.2) is 4.79 Å². The van der Waals surface area contributed by atoms with E-state index < -0.39 is 41.1 Å². The highest BCUT2D eigenvalue weighted by Gasteiger charge is 2.39. The van der Waals surface area contributed by atoms with Gasteiger partial charge < -0.3 is 13.9 Å². The van der Waals surface area contributed by atoms with Crippen molar-refractivity contribution in [2.45, 2.75) is 6.18 Å². The van der Waals surface area contributed by atoms with Gasteiger partial charge in [-0.3, -0.25) is 4.79 Å². The lowest BCUT2D eigenvalue weighted by Gasteiger charge is -2.14. The minimum Gasteiger partial charge on any atom is -0.480 e. The minimum atomic E-state index is -5.00. The Morgan fingerprint density at radius 3 is 2.37 bits per heavy atom. The van der Waals surface area contributed by atoms with Crippen molar-refractivity contribution < 1.29 is 31.9 Å². The Hall–Kier alpha value is -3.20. The molecule has 0 fully saturated rings. The predicted molar refractivity (Wildman–Crippen MR) is 126 cm³/mol. The third kappa shape index (κ3) is 5.40. The quantitative estimate of drug-likeness (QED) is 0.194. The highest BCUT2D eigenvalue weighted by Crippen LogP contribution is 2.39. The zero-order valence-corrected chi connectivity index (χ0v) is 19.6. The van der Waals surface area contributed by atoms with Crippen LogP contribution >= 0.6 is 34.8 Å². The van der Waals surface area contributed by atoms with E-state index in [-0.39, 0.29) is 32.5 Å². The number of hydrogen-bond acceptors (Lipinski definition) is 5. The van der Waals surface area contributed by atoms with E-state index in [2.05, 4.69) is 0 Å². The van der Waals surface area contributed by atoms with Crippen LogP contribution in [0.2, 0.25) is 15.1 Å². The van der Waals surface area contributed by atoms with E-state index in [0.29, 0.717) is 5.02 Å². The zero-order valence-electron chi connectivity index (χ0n) is 17.3. The molecular formula is C24H12Cl3F3O5. The molecule has 4 aromatic rings. The minimum absolute atomic E-state index is 0.0454. The van der Waals surface area contributed by atoms with Gasteiger partial charge in [0.05, 0.1) is 16.0 Å². The lowest BCUT2D eigenvalue weighted by atomic mass is 10.0. The molecular weight excluding hydrogens is 532 g/mol. The van der Waals surface area contributed by atoms with Crippen molar-refractivity contribution in [2.75, 3.05) is 6.61 Å². The normalized spacial score (nSPS) is 11.5. The standard InChI is InChI=1S/C24H12Cl3F3O5/c25-12-5-8-18(17(27)9-12)33-11-20(31)34-13-6-7-15-19(10-13)35-23(24(28,29)30)21(22(15)32)14-3-1-2-4-16(14)26/h1-10H,11H2. The molecule has 180 valence electrons. The van der Waals surface area contributed by atoms with Crippen LogP contribution in [0.5, 0.6) is 11.5 Å². The number of carbonyl (C=O) groups excluding carboxylic acids is 1. The lowest BCUT2D eigenvalue weighted by Crippen LogP contribution is -2.18. The predicted octanol–water partition coefficient (Wildman–Crippen LogP) is 7.42. The SMILES string of the molecule is O=C(COc1ccc(Cl)cc1Cl)Oc1ccc2c(=O)c(-c3ccccc3Cl)c(C(F)(F)F)oc2c1. The van der Waals surface area contributed by atoms with Crippen molar-refractivity contribution in [2.24, 2.45) is 0 Å². The number of esters is 1. The van der Waals surface area contributed by atoms with Gasteiger partial charge in [0.15, 0.2) is 6.61 Å². The summed E-state index contributed by atoms with van der Waals surface area (Å²) in [7, 11) is 0. The molecule has 11 heteroatoms. The molecule has 1 aromatic heterocycles. The largest absolute Gasteiger partial charge is 0.480 e. The van der Waals surface area contributed by atoms with E-state index in [1.54, 1.807) is 0 Å². The van der Waals surface area contributed by atoms with Gasteiger partial charge >= 0.3 is 12.1 Å². The van der Waals surface area contributed by atoms with Crippen LogP contribution in [0.4, 0.5) is 13.2 Å². The molecule has 0 aliphatic carbocycles. The molecule has 0 N–H and O–H groups in total. The fraction of sp³-hybridized carbons (Fsp3) is 0.0833. The molecule has 0 saturated heterocycles. The van der Waals surface area contributed by atoms with Crippen LogP contribution in [-0.2, 0) is 11.0 Å². The van der Waals surface area contributed by atoms with Gasteiger partial charge in [0.25, 0.3) is 0 Å². The Balaban J connectivity index is 1.66. The van der Waals surface area contributed by atoms with Crippen molar-refractivity contribution in [3.63, 3.8) is 0 Å². The summed E-state index contributed by atoms with van der Waals surface area (Å²) in [5.41, 5.74) is -2.20. The summed E-state index contributed by atoms with van der Waals surface area (Å²) in [5.74, 6) is -2.37. The smallest absolute Gasteiger partial charge is 0.450 e. The number of alkyl halides is 3. The maximum Gasteiger partial charge on any atom is 0.450 e. The van der Waals surface area contributed by atoms with E-state index in [0.717, 1.165) is 6.07 Å². The molecule has 1 heterocycles. The van der Waals surface area contributed by atoms with Crippen molar-refractivity contribution in [1.82, 2.24) is 0 Å². The first kappa shape index (κ1) is 24.9. The first-order valence-corrected chi connectivity index (χ1v) is 10.9. The number of halogens is 6. The van der Waals surface area contributed by atoms with Crippen molar-refractivity contribution in [1.29, 1.82) is 0 Å². The Kier molecular flexibility index (Phi) is 6.98. The summed E-state index contributed by atoms with van der Waals surface area (Å²) in [5, 5.41) is 0.346. The van der Waals surface area contributed by atoms with E-state index in [1.165, 1.54) is 54.6 Å². The number of carbonyl (C=O) groups is 1. The Morgan fingerprint density at radius 2 is 1.69 bits per heavy atom. The van der Waals surface area contributed by atoms with Crippen LogP contribution in [0.1, 0.15) is 5.76 Å². The molecule has 4 rings (SSSR count). The van der Waals surface area contributed by atoms with Gasteiger partial charge in [-0.1, -0.05) is 53.0 Å². The second-order valence-electron chi connectivity index (χ2n) is 7.11. The summed E-state index contributed by atoms with van der Waals surface area (Å²) < 4.78 is 56.9. The highest BCUT2D eigenvalue weighted by atomic mass is 35.5. The molecule has 0 amide bonds. The molecule has 0 atom stereocenters. The number of fused-ring (bicyclic) bond motifs is 1. The Morgan fingerprint density at radius 1 is 0.943 bits per heavy atom. The third-order valence-electron chi connectivity index (χ3n) is 4.74. The lowest BCUT2D eigenvalue weighted by molar-refractivity contribution is -0.152. The summed E-state index contributed by atoms with van der Waals surface area (Å²) >= 11 is 17.8. The van der Waals surface area contributed by atoms with Crippen molar-refractivity contribution >= 4 is 51.7 Å². The molecule has 0 aliphatic heterocycles. The van der Waals surface area contributed by atoms with Crippen molar-refractivity contribution in [3.8, 4) is 22.6 Å². The molecule has 0 unspecified atom stereocenters. The molecule has 0 aliphatic rings. The number of hydrogen-bond donors (Lipinski definition) is 0. The maximum absolute atomic E-state index is 13.8. The zero-order chi connectivity index (χ0) is 25.3. The molecule has 0 spiro atoms. The van der Waals surface area contributed by atoms with E-state index >= 15 is 0 Å². The fourth-order valence-electron chi connectivity index (χ4n) is 3.23. The Bertz CT molecular complexity index is 1500. The third-order valence-corrected chi connectivity index (χ3v) is 5.60. The average Bonchev–Trinajstić information content (AvgIpc) is 2.78. The van der Waals surface area contributed by atoms with Crippen LogP contribution in [0.25, 0.3) is 22.1 Å². The second kappa shape index (κ2) is 9.81. The first-order chi connectivity index (χ1) is 16.5. The first-order valence-electron chi connectivity index (χ1n) is 9.76. The van der Waals surface area contributed by atoms with E-state index in [1.807, 2.05) is 0 Å². The molecule has 35 heavy (non-hydrogen) atoms. The number of rotatable bonds is 5. The van der Waals surface area contributed by atoms with E-state index in [4.69, 9.17) is 48.7 Å². The van der Waals surface area contributed by atoms with E-state index in [9.17, 15) is 22.8 Å². The summed E-state index contributed by atoms with van der Waals surface area (Å²) in [6.07, 6.45) is -5.00. The second-order valence-corrected chi connectivity index (χ2v) is 8.36. The van der Waals surface area contributed by atoms with Gasteiger partial charge in [-0.05, 0) is 36.4 Å². The van der Waals surface area contributed by atoms with Crippen LogP contribution < -0.4 is 14.9 Å². The average molecular weight is 544 g/mol. The summed E-state index contributed by atoms with van der Waals surface area (Å²) in [6, 6.07) is 13.5. The van der Waals surface area contributed by atoms with Crippen LogP contribution in [0.3, 0.4) is 0 Å². The monoisotopic (exact) mass is 542 g/mol. The van der Waals surface area contributed by atoms with Crippen LogP contribution in [0.15, 0.2) is 69.9 Å².